The van der Waals surface area contributed by atoms with Crippen molar-refractivity contribution in [3.05, 3.63) is 54.2 Å². The second kappa shape index (κ2) is 9.96. The topological polar surface area (TPSA) is 60.4 Å². The Morgan fingerprint density at radius 3 is 2.32 bits per heavy atom. The van der Waals surface area contributed by atoms with Crippen LogP contribution in [0.5, 0.6) is 0 Å². The Balaban J connectivity index is 1.51. The summed E-state index contributed by atoms with van der Waals surface area (Å²) in [6.45, 7) is 4.75. The Bertz CT molecular complexity index is 1120. The first-order chi connectivity index (χ1) is 16.2. The van der Waals surface area contributed by atoms with E-state index >= 15 is 0 Å². The third-order valence-corrected chi connectivity index (χ3v) is 6.28. The summed E-state index contributed by atoms with van der Waals surface area (Å²) in [4.78, 5) is 20.3. The molecular weight excluding hydrogens is 463 g/mol. The lowest BCUT2D eigenvalue weighted by Crippen LogP contribution is -2.47. The van der Waals surface area contributed by atoms with Crippen LogP contribution in [-0.4, -0.2) is 60.7 Å². The van der Waals surface area contributed by atoms with Gasteiger partial charge in [-0.2, -0.15) is 23.1 Å². The van der Waals surface area contributed by atoms with Crippen LogP contribution in [0.25, 0.3) is 0 Å². The van der Waals surface area contributed by atoms with Gasteiger partial charge in [-0.1, -0.05) is 6.07 Å². The summed E-state index contributed by atoms with van der Waals surface area (Å²) in [5.41, 5.74) is -3.11. The number of benzene rings is 1. The molecule has 0 atom stereocenters. The molecule has 1 N–H and O–H groups in total. The van der Waals surface area contributed by atoms with E-state index in [9.17, 15) is 13.2 Å². The molecule has 3 heterocycles. The van der Waals surface area contributed by atoms with Gasteiger partial charge < -0.3 is 20.0 Å². The lowest BCUT2D eigenvalue weighted by atomic mass is 10.2. The standard InChI is InChI=1S/C23H26F3N7S/c1-16-14-17(7-8-18(16)34-23(24,25)26)28-19-15-21(31(2)3)30-22(29-19)33-12-10-32(11-13-33)20-6-4-5-9-27-20/h4-9,14-15H,10-13H2,1-3H3,(H,28,29,30). The largest absolute Gasteiger partial charge is 0.446 e. The quantitative estimate of drug-likeness (QED) is 0.490. The van der Waals surface area contributed by atoms with Gasteiger partial charge in [0.05, 0.1) is 0 Å². The highest BCUT2D eigenvalue weighted by molar-refractivity contribution is 8.00. The third kappa shape index (κ3) is 6.02. The number of nitrogens with zero attached hydrogens (tertiary/aromatic N) is 6. The van der Waals surface area contributed by atoms with Gasteiger partial charge in [-0.15, -0.1) is 0 Å². The molecular formula is C23H26F3N7S. The average Bonchev–Trinajstić information content (AvgIpc) is 2.80. The average molecular weight is 490 g/mol. The molecule has 0 aliphatic carbocycles. The van der Waals surface area contributed by atoms with Crippen molar-refractivity contribution in [1.29, 1.82) is 0 Å². The van der Waals surface area contributed by atoms with Gasteiger partial charge in [-0.05, 0) is 54.6 Å². The lowest BCUT2D eigenvalue weighted by Gasteiger charge is -2.35. The Morgan fingerprint density at radius 1 is 0.971 bits per heavy atom. The number of rotatable bonds is 6. The number of halogens is 3. The summed E-state index contributed by atoms with van der Waals surface area (Å²) in [6.07, 6.45) is 1.79. The molecule has 1 aliphatic heterocycles. The van der Waals surface area contributed by atoms with Gasteiger partial charge in [0.2, 0.25) is 5.95 Å². The maximum absolute atomic E-state index is 12.7. The van der Waals surface area contributed by atoms with Crippen LogP contribution in [0.15, 0.2) is 53.6 Å². The molecule has 0 unspecified atom stereocenters. The first-order valence-electron chi connectivity index (χ1n) is 10.8. The Morgan fingerprint density at radius 2 is 1.71 bits per heavy atom. The van der Waals surface area contributed by atoms with Crippen molar-refractivity contribution >= 4 is 40.9 Å². The maximum atomic E-state index is 12.7. The Labute approximate surface area is 201 Å². The van der Waals surface area contributed by atoms with Gasteiger partial charge in [-0.25, -0.2) is 4.98 Å². The summed E-state index contributed by atoms with van der Waals surface area (Å²) < 4.78 is 38.2. The number of hydrogen-bond donors (Lipinski definition) is 1. The van der Waals surface area contributed by atoms with Gasteiger partial charge in [0.15, 0.2) is 0 Å². The van der Waals surface area contributed by atoms with E-state index in [1.54, 1.807) is 25.3 Å². The molecule has 180 valence electrons. The number of aryl methyl sites for hydroxylation is 1. The van der Waals surface area contributed by atoms with Crippen molar-refractivity contribution in [3.8, 4) is 0 Å². The van der Waals surface area contributed by atoms with Crippen LogP contribution in [-0.2, 0) is 0 Å². The SMILES string of the molecule is Cc1cc(Nc2cc(N(C)C)nc(N3CCN(c4ccccn4)CC3)n2)ccc1SC(F)(F)F. The fourth-order valence-corrected chi connectivity index (χ4v) is 4.25. The molecule has 0 radical (unpaired) electrons. The van der Waals surface area contributed by atoms with Crippen LogP contribution in [0.2, 0.25) is 0 Å². The summed E-state index contributed by atoms with van der Waals surface area (Å²) >= 11 is -0.107. The van der Waals surface area contributed by atoms with Crippen molar-refractivity contribution in [2.45, 2.75) is 17.3 Å². The predicted octanol–water partition coefficient (Wildman–Crippen LogP) is 4.93. The normalized spacial score (nSPS) is 14.3. The third-order valence-electron chi connectivity index (χ3n) is 5.37. The molecule has 0 saturated carbocycles. The van der Waals surface area contributed by atoms with E-state index in [2.05, 4.69) is 20.1 Å². The molecule has 1 aromatic carbocycles. The van der Waals surface area contributed by atoms with Crippen molar-refractivity contribution in [3.63, 3.8) is 0 Å². The van der Waals surface area contributed by atoms with Crippen molar-refractivity contribution in [2.75, 3.05) is 60.3 Å². The lowest BCUT2D eigenvalue weighted by molar-refractivity contribution is -0.0328. The number of hydrogen-bond acceptors (Lipinski definition) is 8. The first-order valence-corrected chi connectivity index (χ1v) is 11.6. The minimum absolute atomic E-state index is 0.107. The summed E-state index contributed by atoms with van der Waals surface area (Å²) in [7, 11) is 3.81. The van der Waals surface area contributed by atoms with Crippen LogP contribution in [0, 0.1) is 6.92 Å². The molecule has 3 aromatic rings. The molecule has 7 nitrogen and oxygen atoms in total. The van der Waals surface area contributed by atoms with E-state index in [0.29, 0.717) is 23.0 Å². The summed E-state index contributed by atoms with van der Waals surface area (Å²) in [5, 5.41) is 3.23. The number of piperazine rings is 1. The van der Waals surface area contributed by atoms with Gasteiger partial charge in [-0.3, -0.25) is 0 Å². The monoisotopic (exact) mass is 489 g/mol. The van der Waals surface area contributed by atoms with Crippen LogP contribution in [0.4, 0.5) is 42.3 Å². The number of pyridine rings is 1. The Hall–Kier alpha value is -3.21. The molecule has 0 amide bonds. The first kappa shape index (κ1) is 23.9. The van der Waals surface area contributed by atoms with Crippen molar-refractivity contribution in [2.24, 2.45) is 0 Å². The fourth-order valence-electron chi connectivity index (χ4n) is 3.65. The zero-order valence-corrected chi connectivity index (χ0v) is 20.0. The summed E-state index contributed by atoms with van der Waals surface area (Å²) in [6, 6.07) is 12.5. The number of alkyl halides is 3. The van der Waals surface area contributed by atoms with Gasteiger partial charge in [0.1, 0.15) is 17.5 Å². The zero-order valence-electron chi connectivity index (χ0n) is 19.2. The molecule has 1 aliphatic rings. The van der Waals surface area contributed by atoms with Gasteiger partial charge in [0.25, 0.3) is 0 Å². The number of thioether (sulfide) groups is 1. The van der Waals surface area contributed by atoms with E-state index < -0.39 is 5.51 Å². The van der Waals surface area contributed by atoms with Crippen LogP contribution in [0.3, 0.4) is 0 Å². The van der Waals surface area contributed by atoms with Crippen LogP contribution in [0.1, 0.15) is 5.56 Å². The van der Waals surface area contributed by atoms with Crippen molar-refractivity contribution < 1.29 is 13.2 Å². The molecule has 11 heteroatoms. The Kier molecular flexibility index (Phi) is 7.01. The van der Waals surface area contributed by atoms with E-state index in [1.807, 2.05) is 43.3 Å². The van der Waals surface area contributed by atoms with Crippen LogP contribution >= 0.6 is 11.8 Å². The molecule has 34 heavy (non-hydrogen) atoms. The summed E-state index contributed by atoms with van der Waals surface area (Å²) in [5.74, 6) is 2.88. The molecule has 0 bridgehead atoms. The highest BCUT2D eigenvalue weighted by Gasteiger charge is 2.30. The minimum Gasteiger partial charge on any atom is -0.363 e. The number of aromatic nitrogens is 3. The maximum Gasteiger partial charge on any atom is 0.446 e. The molecule has 1 saturated heterocycles. The number of nitrogens with one attached hydrogen (secondary N) is 1. The molecule has 1 fully saturated rings. The highest BCUT2D eigenvalue weighted by atomic mass is 32.2. The highest BCUT2D eigenvalue weighted by Crippen LogP contribution is 2.39. The van der Waals surface area contributed by atoms with E-state index in [-0.39, 0.29) is 16.7 Å². The smallest absolute Gasteiger partial charge is 0.363 e. The predicted molar refractivity (Wildman–Crippen MR) is 131 cm³/mol. The second-order valence-electron chi connectivity index (χ2n) is 8.12. The van der Waals surface area contributed by atoms with E-state index in [0.717, 1.165) is 37.8 Å². The number of anilines is 5. The zero-order chi connectivity index (χ0) is 24.3. The minimum atomic E-state index is -4.32. The van der Waals surface area contributed by atoms with E-state index in [1.165, 1.54) is 6.07 Å². The molecule has 4 rings (SSSR count). The van der Waals surface area contributed by atoms with Gasteiger partial charge >= 0.3 is 5.51 Å². The second-order valence-corrected chi connectivity index (χ2v) is 9.23. The fraction of sp³-hybridized carbons (Fsp3) is 0.348. The molecule has 2 aromatic heterocycles. The van der Waals surface area contributed by atoms with Gasteiger partial charge in [0, 0.05) is 63.1 Å². The van der Waals surface area contributed by atoms with E-state index in [4.69, 9.17) is 9.97 Å². The van der Waals surface area contributed by atoms with Crippen LogP contribution < -0.4 is 20.0 Å². The van der Waals surface area contributed by atoms with Crippen molar-refractivity contribution in [1.82, 2.24) is 15.0 Å². The molecule has 0 spiro atoms.